The Labute approximate surface area is 93.6 Å². The number of hydrogen-bond acceptors (Lipinski definition) is 3. The van der Waals surface area contributed by atoms with Crippen LogP contribution in [0, 0.1) is 0 Å². The number of halogens is 2. The number of amides is 1. The lowest BCUT2D eigenvalue weighted by atomic mass is 10.0. The smallest absolute Gasteiger partial charge is 0.255 e. The van der Waals surface area contributed by atoms with Crippen LogP contribution in [-0.4, -0.2) is 54.6 Å². The SMILES string of the molecule is O=C(C1CCCCN1)N(CCO)CC(F)F. The predicted octanol–water partition coefficient (Wildman–Crippen LogP) is 0.214. The molecular formula is C10H18F2N2O2. The fourth-order valence-electron chi connectivity index (χ4n) is 1.86. The van der Waals surface area contributed by atoms with Crippen molar-refractivity contribution in [3.8, 4) is 0 Å². The summed E-state index contributed by atoms with van der Waals surface area (Å²) < 4.78 is 24.5. The maximum absolute atomic E-state index is 12.2. The molecule has 1 fully saturated rings. The van der Waals surface area contributed by atoms with Gasteiger partial charge in [0.2, 0.25) is 5.91 Å². The molecule has 0 aromatic rings. The molecule has 1 heterocycles. The van der Waals surface area contributed by atoms with E-state index in [9.17, 15) is 13.6 Å². The molecule has 1 saturated heterocycles. The van der Waals surface area contributed by atoms with Crippen LogP contribution in [0.4, 0.5) is 8.78 Å². The third kappa shape index (κ3) is 4.02. The van der Waals surface area contributed by atoms with Crippen molar-refractivity contribution in [2.45, 2.75) is 31.7 Å². The lowest BCUT2D eigenvalue weighted by molar-refractivity contribution is -0.136. The molecule has 1 rings (SSSR count). The Morgan fingerprint density at radius 3 is 2.75 bits per heavy atom. The Kier molecular flexibility index (Phi) is 5.62. The number of nitrogens with one attached hydrogen (secondary N) is 1. The summed E-state index contributed by atoms with van der Waals surface area (Å²) in [5, 5.41) is 11.8. The first-order valence-electron chi connectivity index (χ1n) is 5.56. The fraction of sp³-hybridized carbons (Fsp3) is 0.900. The van der Waals surface area contributed by atoms with Gasteiger partial charge in [0.25, 0.3) is 6.43 Å². The molecule has 1 atom stereocenters. The monoisotopic (exact) mass is 236 g/mol. The molecule has 0 aromatic carbocycles. The van der Waals surface area contributed by atoms with E-state index < -0.39 is 13.0 Å². The summed E-state index contributed by atoms with van der Waals surface area (Å²) in [5.74, 6) is -0.325. The molecule has 0 radical (unpaired) electrons. The van der Waals surface area contributed by atoms with E-state index in [0.717, 1.165) is 24.3 Å². The number of alkyl halides is 2. The van der Waals surface area contributed by atoms with Crippen molar-refractivity contribution in [3.05, 3.63) is 0 Å². The minimum Gasteiger partial charge on any atom is -0.395 e. The van der Waals surface area contributed by atoms with Crippen molar-refractivity contribution in [1.82, 2.24) is 10.2 Å². The highest BCUT2D eigenvalue weighted by Crippen LogP contribution is 2.10. The first-order chi connectivity index (χ1) is 7.65. The predicted molar refractivity (Wildman–Crippen MR) is 55.3 cm³/mol. The minimum atomic E-state index is -2.56. The average molecular weight is 236 g/mol. The molecule has 0 aromatic heterocycles. The highest BCUT2D eigenvalue weighted by atomic mass is 19.3. The molecule has 1 aliphatic heterocycles. The summed E-state index contributed by atoms with van der Waals surface area (Å²) in [6.45, 7) is -0.165. The van der Waals surface area contributed by atoms with Crippen molar-refractivity contribution in [1.29, 1.82) is 0 Å². The molecule has 1 aliphatic rings. The van der Waals surface area contributed by atoms with Gasteiger partial charge in [-0.1, -0.05) is 6.42 Å². The molecule has 94 valence electrons. The van der Waals surface area contributed by atoms with Gasteiger partial charge < -0.3 is 15.3 Å². The van der Waals surface area contributed by atoms with Crippen LogP contribution in [-0.2, 0) is 4.79 Å². The van der Waals surface area contributed by atoms with E-state index in [4.69, 9.17) is 5.11 Å². The maximum atomic E-state index is 12.2. The van der Waals surface area contributed by atoms with Gasteiger partial charge in [0, 0.05) is 6.54 Å². The van der Waals surface area contributed by atoms with Crippen LogP contribution in [0.25, 0.3) is 0 Å². The zero-order valence-electron chi connectivity index (χ0n) is 9.16. The van der Waals surface area contributed by atoms with Gasteiger partial charge in [0.15, 0.2) is 0 Å². The Hall–Kier alpha value is -0.750. The van der Waals surface area contributed by atoms with Crippen LogP contribution in [0.15, 0.2) is 0 Å². The lowest BCUT2D eigenvalue weighted by Gasteiger charge is -2.29. The second kappa shape index (κ2) is 6.75. The molecule has 0 aliphatic carbocycles. The summed E-state index contributed by atoms with van der Waals surface area (Å²) in [6.07, 6.45) is 0.0762. The van der Waals surface area contributed by atoms with Crippen LogP contribution >= 0.6 is 0 Å². The molecule has 4 nitrogen and oxygen atoms in total. The molecule has 2 N–H and O–H groups in total. The summed E-state index contributed by atoms with van der Waals surface area (Å²) >= 11 is 0. The quantitative estimate of drug-likeness (QED) is 0.717. The molecule has 0 spiro atoms. The first kappa shape index (κ1) is 13.3. The van der Waals surface area contributed by atoms with E-state index in [1.54, 1.807) is 0 Å². The Balaban J connectivity index is 2.50. The van der Waals surface area contributed by atoms with Gasteiger partial charge in [0.05, 0.1) is 19.2 Å². The van der Waals surface area contributed by atoms with Crippen LogP contribution in [0.2, 0.25) is 0 Å². The van der Waals surface area contributed by atoms with Gasteiger partial charge >= 0.3 is 0 Å². The van der Waals surface area contributed by atoms with E-state index in [0.29, 0.717) is 6.42 Å². The molecular weight excluding hydrogens is 218 g/mol. The van der Waals surface area contributed by atoms with Gasteiger partial charge in [-0.2, -0.15) is 0 Å². The van der Waals surface area contributed by atoms with Crippen molar-refractivity contribution in [3.63, 3.8) is 0 Å². The topological polar surface area (TPSA) is 52.6 Å². The third-order valence-corrected chi connectivity index (χ3v) is 2.65. The Morgan fingerprint density at radius 1 is 1.50 bits per heavy atom. The number of hydrogen-bond donors (Lipinski definition) is 2. The number of carbonyl (C=O) groups excluding carboxylic acids is 1. The number of piperidine rings is 1. The third-order valence-electron chi connectivity index (χ3n) is 2.65. The van der Waals surface area contributed by atoms with E-state index in [-0.39, 0.29) is 25.1 Å². The largest absolute Gasteiger partial charge is 0.395 e. The molecule has 6 heteroatoms. The van der Waals surface area contributed by atoms with Crippen molar-refractivity contribution >= 4 is 5.91 Å². The van der Waals surface area contributed by atoms with E-state index in [2.05, 4.69) is 5.32 Å². The Morgan fingerprint density at radius 2 is 2.25 bits per heavy atom. The van der Waals surface area contributed by atoms with Gasteiger partial charge in [-0.3, -0.25) is 4.79 Å². The van der Waals surface area contributed by atoms with Crippen molar-refractivity contribution < 1.29 is 18.7 Å². The van der Waals surface area contributed by atoms with Crippen LogP contribution in [0.5, 0.6) is 0 Å². The normalized spacial score (nSPS) is 21.1. The van der Waals surface area contributed by atoms with Crippen molar-refractivity contribution in [2.75, 3.05) is 26.2 Å². The highest BCUT2D eigenvalue weighted by molar-refractivity contribution is 5.82. The van der Waals surface area contributed by atoms with Crippen LogP contribution < -0.4 is 5.32 Å². The Bertz CT molecular complexity index is 221. The van der Waals surface area contributed by atoms with E-state index >= 15 is 0 Å². The van der Waals surface area contributed by atoms with Crippen LogP contribution in [0.1, 0.15) is 19.3 Å². The van der Waals surface area contributed by atoms with Crippen LogP contribution in [0.3, 0.4) is 0 Å². The van der Waals surface area contributed by atoms with Gasteiger partial charge in [-0.15, -0.1) is 0 Å². The van der Waals surface area contributed by atoms with Gasteiger partial charge in [-0.25, -0.2) is 8.78 Å². The zero-order valence-corrected chi connectivity index (χ0v) is 9.16. The number of carbonyl (C=O) groups is 1. The highest BCUT2D eigenvalue weighted by Gasteiger charge is 2.26. The molecule has 0 saturated carbocycles. The van der Waals surface area contributed by atoms with E-state index in [1.807, 2.05) is 0 Å². The number of aliphatic hydroxyl groups is 1. The second-order valence-electron chi connectivity index (χ2n) is 3.90. The minimum absolute atomic E-state index is 0.0264. The van der Waals surface area contributed by atoms with Crippen molar-refractivity contribution in [2.24, 2.45) is 0 Å². The maximum Gasteiger partial charge on any atom is 0.255 e. The summed E-state index contributed by atoms with van der Waals surface area (Å²) in [6, 6.07) is -0.362. The molecule has 16 heavy (non-hydrogen) atoms. The first-order valence-corrected chi connectivity index (χ1v) is 5.56. The zero-order chi connectivity index (χ0) is 12.0. The fourth-order valence-corrected chi connectivity index (χ4v) is 1.86. The molecule has 1 unspecified atom stereocenters. The average Bonchev–Trinajstić information content (AvgIpc) is 2.28. The van der Waals surface area contributed by atoms with E-state index in [1.165, 1.54) is 0 Å². The van der Waals surface area contributed by atoms with Gasteiger partial charge in [-0.05, 0) is 19.4 Å². The number of aliphatic hydroxyl groups excluding tert-OH is 1. The summed E-state index contributed by atoms with van der Waals surface area (Å²) in [4.78, 5) is 12.9. The summed E-state index contributed by atoms with van der Waals surface area (Å²) in [5.41, 5.74) is 0. The summed E-state index contributed by atoms with van der Waals surface area (Å²) in [7, 11) is 0. The molecule has 1 amide bonds. The number of nitrogens with zero attached hydrogens (tertiary/aromatic N) is 1. The standard InChI is InChI=1S/C10H18F2N2O2/c11-9(12)7-14(5-6-15)10(16)8-3-1-2-4-13-8/h8-9,13,15H,1-7H2. The molecule has 0 bridgehead atoms. The second-order valence-corrected chi connectivity index (χ2v) is 3.90. The number of rotatable bonds is 5. The lowest BCUT2D eigenvalue weighted by Crippen LogP contribution is -2.50. The van der Waals surface area contributed by atoms with Gasteiger partial charge in [0.1, 0.15) is 0 Å².